The maximum Gasteiger partial charge on any atom is 0.191 e. The van der Waals surface area contributed by atoms with Gasteiger partial charge in [-0.3, -0.25) is 4.99 Å². The Morgan fingerprint density at radius 1 is 1.16 bits per heavy atom. The van der Waals surface area contributed by atoms with Crippen molar-refractivity contribution in [3.8, 4) is 5.75 Å². The van der Waals surface area contributed by atoms with E-state index in [-0.39, 0.29) is 17.9 Å². The second-order valence-corrected chi connectivity index (χ2v) is 8.19. The number of methoxy groups -OCH3 is 1. The maximum atomic E-state index is 9.84. The monoisotopic (exact) mass is 425 g/mol. The predicted molar refractivity (Wildman–Crippen MR) is 125 cm³/mol. The van der Waals surface area contributed by atoms with Crippen LogP contribution in [0.2, 0.25) is 0 Å². The summed E-state index contributed by atoms with van der Waals surface area (Å²) in [6.45, 7) is 4.98. The average Bonchev–Trinajstić information content (AvgIpc) is 2.82. The number of rotatable bonds is 8. The summed E-state index contributed by atoms with van der Waals surface area (Å²) < 4.78 is 11.4. The van der Waals surface area contributed by atoms with Crippen molar-refractivity contribution in [3.63, 3.8) is 0 Å². The SMILES string of the molecule is CN=C(NCC(CO)c1ccccc1)NCC1(c2cc(C)ccc2OC)CCOCC1. The number of aliphatic imine (C=N–C) groups is 1. The zero-order valence-electron chi connectivity index (χ0n) is 18.9. The first-order valence-corrected chi connectivity index (χ1v) is 10.9. The number of hydrogen-bond acceptors (Lipinski definition) is 4. The van der Waals surface area contributed by atoms with Crippen LogP contribution in [-0.2, 0) is 10.2 Å². The summed E-state index contributed by atoms with van der Waals surface area (Å²) >= 11 is 0. The highest BCUT2D eigenvalue weighted by Crippen LogP contribution is 2.40. The van der Waals surface area contributed by atoms with E-state index >= 15 is 0 Å². The van der Waals surface area contributed by atoms with E-state index in [9.17, 15) is 5.11 Å². The van der Waals surface area contributed by atoms with E-state index in [1.165, 1.54) is 11.1 Å². The van der Waals surface area contributed by atoms with Gasteiger partial charge in [-0.2, -0.15) is 0 Å². The number of aliphatic hydroxyl groups is 1. The molecule has 3 rings (SSSR count). The molecule has 1 heterocycles. The molecule has 3 N–H and O–H groups in total. The molecular weight excluding hydrogens is 390 g/mol. The molecule has 0 aromatic heterocycles. The lowest BCUT2D eigenvalue weighted by Crippen LogP contribution is -2.48. The molecule has 1 saturated heterocycles. The second-order valence-electron chi connectivity index (χ2n) is 8.19. The summed E-state index contributed by atoms with van der Waals surface area (Å²) in [6.07, 6.45) is 1.83. The Bertz CT molecular complexity index is 848. The molecule has 1 fully saturated rings. The molecule has 2 aromatic rings. The normalized spacial score (nSPS) is 17.1. The largest absolute Gasteiger partial charge is 0.496 e. The Morgan fingerprint density at radius 2 is 1.90 bits per heavy atom. The summed E-state index contributed by atoms with van der Waals surface area (Å²) in [5, 5.41) is 16.8. The molecule has 1 aliphatic rings. The Labute approximate surface area is 185 Å². The highest BCUT2D eigenvalue weighted by Gasteiger charge is 2.37. The van der Waals surface area contributed by atoms with Crippen LogP contribution in [-0.4, -0.2) is 58.1 Å². The molecule has 0 saturated carbocycles. The zero-order valence-corrected chi connectivity index (χ0v) is 18.9. The van der Waals surface area contributed by atoms with E-state index in [0.717, 1.165) is 49.9 Å². The lowest BCUT2D eigenvalue weighted by Gasteiger charge is -2.39. The molecule has 1 atom stereocenters. The highest BCUT2D eigenvalue weighted by atomic mass is 16.5. The van der Waals surface area contributed by atoms with Gasteiger partial charge < -0.3 is 25.2 Å². The topological polar surface area (TPSA) is 75.1 Å². The summed E-state index contributed by atoms with van der Waals surface area (Å²) in [4.78, 5) is 4.41. The molecular formula is C25H35N3O3. The Hall–Kier alpha value is -2.57. The molecule has 0 bridgehead atoms. The first kappa shape index (κ1) is 23.1. The number of guanidine groups is 1. The third-order valence-corrected chi connectivity index (χ3v) is 6.20. The Morgan fingerprint density at radius 3 is 2.55 bits per heavy atom. The van der Waals surface area contributed by atoms with Gasteiger partial charge in [0.15, 0.2) is 5.96 Å². The lowest BCUT2D eigenvalue weighted by molar-refractivity contribution is 0.0505. The van der Waals surface area contributed by atoms with Crippen LogP contribution < -0.4 is 15.4 Å². The number of nitrogens with zero attached hydrogens (tertiary/aromatic N) is 1. The van der Waals surface area contributed by atoms with Crippen LogP contribution in [0.5, 0.6) is 5.75 Å². The molecule has 0 radical (unpaired) electrons. The van der Waals surface area contributed by atoms with Crippen LogP contribution in [0.25, 0.3) is 0 Å². The predicted octanol–water partition coefficient (Wildman–Crippen LogP) is 2.99. The molecule has 0 aliphatic carbocycles. The van der Waals surface area contributed by atoms with Crippen molar-refractivity contribution < 1.29 is 14.6 Å². The van der Waals surface area contributed by atoms with Crippen molar-refractivity contribution in [1.82, 2.24) is 10.6 Å². The number of hydrogen-bond donors (Lipinski definition) is 3. The van der Waals surface area contributed by atoms with Crippen molar-refractivity contribution in [1.29, 1.82) is 0 Å². The van der Waals surface area contributed by atoms with E-state index in [2.05, 4.69) is 40.7 Å². The second kappa shape index (κ2) is 11.2. The van der Waals surface area contributed by atoms with Gasteiger partial charge >= 0.3 is 0 Å². The minimum Gasteiger partial charge on any atom is -0.496 e. The van der Waals surface area contributed by atoms with Gasteiger partial charge in [-0.25, -0.2) is 0 Å². The van der Waals surface area contributed by atoms with Gasteiger partial charge in [-0.1, -0.05) is 48.0 Å². The fourth-order valence-corrected chi connectivity index (χ4v) is 4.25. The fraction of sp³-hybridized carbons (Fsp3) is 0.480. The van der Waals surface area contributed by atoms with Gasteiger partial charge in [0.2, 0.25) is 0 Å². The number of aliphatic hydroxyl groups excluding tert-OH is 1. The third-order valence-electron chi connectivity index (χ3n) is 6.20. The molecule has 0 spiro atoms. The highest BCUT2D eigenvalue weighted by molar-refractivity contribution is 5.79. The summed E-state index contributed by atoms with van der Waals surface area (Å²) in [5.41, 5.74) is 3.46. The molecule has 1 unspecified atom stereocenters. The maximum absolute atomic E-state index is 9.84. The Balaban J connectivity index is 1.71. The zero-order chi connectivity index (χ0) is 22.1. The van der Waals surface area contributed by atoms with Gasteiger partial charge in [0.1, 0.15) is 5.75 Å². The molecule has 1 aliphatic heterocycles. The van der Waals surface area contributed by atoms with Gasteiger partial charge in [0.05, 0.1) is 13.7 Å². The standard InChI is InChI=1S/C25H35N3O3/c1-19-9-10-23(30-3)22(15-19)25(11-13-31-14-12-25)18-28-24(26-2)27-16-21(17-29)20-7-5-4-6-8-20/h4-10,15,21,29H,11-14,16-18H2,1-3H3,(H2,26,27,28). The summed E-state index contributed by atoms with van der Waals surface area (Å²) in [7, 11) is 3.50. The molecule has 6 heteroatoms. The quantitative estimate of drug-likeness (QED) is 0.448. The summed E-state index contributed by atoms with van der Waals surface area (Å²) in [5.74, 6) is 1.65. The van der Waals surface area contributed by atoms with E-state index in [1.807, 2.05) is 30.3 Å². The minimum atomic E-state index is -0.0942. The number of aryl methyl sites for hydroxylation is 1. The van der Waals surface area contributed by atoms with Crippen molar-refractivity contribution in [3.05, 3.63) is 65.2 Å². The average molecular weight is 426 g/mol. The van der Waals surface area contributed by atoms with Gasteiger partial charge in [0.25, 0.3) is 0 Å². The van der Waals surface area contributed by atoms with E-state index < -0.39 is 0 Å². The van der Waals surface area contributed by atoms with Gasteiger partial charge in [0, 0.05) is 50.2 Å². The minimum absolute atomic E-state index is 0.00802. The van der Waals surface area contributed by atoms with Crippen LogP contribution in [0.1, 0.15) is 35.4 Å². The molecule has 31 heavy (non-hydrogen) atoms. The van der Waals surface area contributed by atoms with Crippen LogP contribution in [0.3, 0.4) is 0 Å². The van der Waals surface area contributed by atoms with Crippen LogP contribution in [0, 0.1) is 6.92 Å². The lowest BCUT2D eigenvalue weighted by atomic mass is 9.73. The first-order chi connectivity index (χ1) is 15.1. The van der Waals surface area contributed by atoms with Gasteiger partial charge in [-0.15, -0.1) is 0 Å². The molecule has 0 amide bonds. The van der Waals surface area contributed by atoms with Crippen molar-refractivity contribution in [2.75, 3.05) is 47.1 Å². The van der Waals surface area contributed by atoms with Crippen LogP contribution >= 0.6 is 0 Å². The number of nitrogens with one attached hydrogen (secondary N) is 2. The van der Waals surface area contributed by atoms with E-state index in [0.29, 0.717) is 6.54 Å². The number of benzene rings is 2. The van der Waals surface area contributed by atoms with Crippen molar-refractivity contribution in [2.45, 2.75) is 31.1 Å². The molecule has 2 aromatic carbocycles. The van der Waals surface area contributed by atoms with Crippen LogP contribution in [0.4, 0.5) is 0 Å². The Kier molecular flexibility index (Phi) is 8.32. The molecule has 6 nitrogen and oxygen atoms in total. The van der Waals surface area contributed by atoms with Gasteiger partial charge in [-0.05, 0) is 31.4 Å². The summed E-state index contributed by atoms with van der Waals surface area (Å²) in [6, 6.07) is 16.4. The number of ether oxygens (including phenoxy) is 2. The van der Waals surface area contributed by atoms with E-state index in [4.69, 9.17) is 9.47 Å². The first-order valence-electron chi connectivity index (χ1n) is 10.9. The van der Waals surface area contributed by atoms with Crippen LogP contribution in [0.15, 0.2) is 53.5 Å². The van der Waals surface area contributed by atoms with Crippen molar-refractivity contribution in [2.24, 2.45) is 4.99 Å². The fourth-order valence-electron chi connectivity index (χ4n) is 4.25. The molecule has 168 valence electrons. The smallest absolute Gasteiger partial charge is 0.191 e. The van der Waals surface area contributed by atoms with E-state index in [1.54, 1.807) is 14.2 Å². The van der Waals surface area contributed by atoms with Crippen molar-refractivity contribution >= 4 is 5.96 Å². The third kappa shape index (κ3) is 5.77.